The number of hydrogen-bond donors (Lipinski definition) is 1. The predicted molar refractivity (Wildman–Crippen MR) is 200 cm³/mol. The number of nitrogens with zero attached hydrogens (tertiary/aromatic N) is 1. The Bertz CT molecular complexity index is 2110. The molecule has 0 saturated heterocycles. The Hall–Kier alpha value is -5.03. The number of carboxylic acid groups (broad SMARTS) is 1. The van der Waals surface area contributed by atoms with Crippen LogP contribution in [0.2, 0.25) is 0 Å². The summed E-state index contributed by atoms with van der Waals surface area (Å²) in [7, 11) is 0. The maximum Gasteiger partial charge on any atom is 0.335 e. The van der Waals surface area contributed by atoms with Gasteiger partial charge < -0.3 is 10.0 Å². The van der Waals surface area contributed by atoms with Crippen molar-refractivity contribution in [2.75, 3.05) is 4.90 Å². The molecular weight excluding hydrogens is 618 g/mol. The van der Waals surface area contributed by atoms with E-state index in [1.54, 1.807) is 12.2 Å². The monoisotopic (exact) mass is 661 g/mol. The number of hydrogen-bond acceptors (Lipinski definition) is 4. The number of fused-ring (bicyclic) bond motifs is 7. The van der Waals surface area contributed by atoms with E-state index in [1.807, 2.05) is 6.08 Å². The second kappa shape index (κ2) is 12.7. The number of anilines is 2. The fourth-order valence-corrected chi connectivity index (χ4v) is 9.40. The minimum absolute atomic E-state index is 0.00384. The number of ketones is 2. The van der Waals surface area contributed by atoms with Crippen LogP contribution in [0.5, 0.6) is 0 Å². The van der Waals surface area contributed by atoms with E-state index in [2.05, 4.69) is 79.4 Å². The lowest BCUT2D eigenvalue weighted by Crippen LogP contribution is -2.27. The first-order valence-corrected chi connectivity index (χ1v) is 18.4. The molecule has 2 atom stereocenters. The van der Waals surface area contributed by atoms with Crippen molar-refractivity contribution < 1.29 is 19.5 Å². The molecule has 0 spiro atoms. The smallest absolute Gasteiger partial charge is 0.335 e. The molecule has 1 aliphatic heterocycles. The van der Waals surface area contributed by atoms with E-state index in [-0.39, 0.29) is 33.5 Å². The molecule has 1 N–H and O–H groups in total. The third-order valence-electron chi connectivity index (χ3n) is 11.8. The molecule has 0 aromatic heterocycles. The van der Waals surface area contributed by atoms with E-state index in [1.165, 1.54) is 102 Å². The Kier molecular flexibility index (Phi) is 8.17. The molecule has 4 aromatic carbocycles. The average molecular weight is 662 g/mol. The molecule has 0 radical (unpaired) electrons. The van der Waals surface area contributed by atoms with Crippen LogP contribution < -0.4 is 4.90 Å². The maximum absolute atomic E-state index is 13.0. The fraction of sp³-hybridized carbons (Fsp3) is 0.311. The van der Waals surface area contributed by atoms with Crippen molar-refractivity contribution in [3.8, 4) is 11.1 Å². The Morgan fingerprint density at radius 3 is 2.36 bits per heavy atom. The van der Waals surface area contributed by atoms with E-state index in [0.29, 0.717) is 12.0 Å². The Balaban J connectivity index is 1.11. The zero-order valence-electron chi connectivity index (χ0n) is 28.9. The van der Waals surface area contributed by atoms with Crippen molar-refractivity contribution in [2.24, 2.45) is 0 Å². The van der Waals surface area contributed by atoms with Gasteiger partial charge >= 0.3 is 5.97 Å². The SMILES string of the molecule is CCCCC1(CCCC)c2ccccc2-c2cc(N3c4ccc(/C=C/C=C5\C(=O)c6ccc(C(=O)O)cc6C5=O)cc4C4CCCC43)ccc21. The van der Waals surface area contributed by atoms with Crippen LogP contribution in [0, 0.1) is 0 Å². The van der Waals surface area contributed by atoms with Crippen LogP contribution in [0.15, 0.2) is 96.6 Å². The van der Waals surface area contributed by atoms with Gasteiger partial charge in [-0.1, -0.05) is 94.5 Å². The van der Waals surface area contributed by atoms with Gasteiger partial charge in [0.25, 0.3) is 0 Å². The van der Waals surface area contributed by atoms with Gasteiger partial charge in [0.1, 0.15) is 0 Å². The summed E-state index contributed by atoms with van der Waals surface area (Å²) < 4.78 is 0. The molecule has 0 bridgehead atoms. The summed E-state index contributed by atoms with van der Waals surface area (Å²) in [5, 5.41) is 9.32. The minimum atomic E-state index is -1.13. The van der Waals surface area contributed by atoms with Crippen LogP contribution >= 0.6 is 0 Å². The van der Waals surface area contributed by atoms with Crippen LogP contribution in [-0.2, 0) is 5.41 Å². The Morgan fingerprint density at radius 1 is 0.820 bits per heavy atom. The van der Waals surface area contributed by atoms with E-state index in [9.17, 15) is 19.5 Å². The van der Waals surface area contributed by atoms with Gasteiger partial charge in [0.2, 0.25) is 0 Å². The average Bonchev–Trinajstić information content (AvgIpc) is 3.86. The first-order chi connectivity index (χ1) is 24.4. The molecule has 5 heteroatoms. The molecule has 50 heavy (non-hydrogen) atoms. The van der Waals surface area contributed by atoms with Crippen molar-refractivity contribution in [1.82, 2.24) is 0 Å². The zero-order chi connectivity index (χ0) is 34.6. The van der Waals surface area contributed by atoms with Crippen LogP contribution in [0.25, 0.3) is 17.2 Å². The van der Waals surface area contributed by atoms with Crippen molar-refractivity contribution in [3.05, 3.63) is 136 Å². The van der Waals surface area contributed by atoms with Gasteiger partial charge in [-0.15, -0.1) is 0 Å². The summed E-state index contributed by atoms with van der Waals surface area (Å²) in [6.45, 7) is 4.60. The number of carboxylic acids is 1. The second-order valence-corrected chi connectivity index (χ2v) is 14.5. The number of benzene rings is 4. The molecule has 1 heterocycles. The predicted octanol–water partition coefficient (Wildman–Crippen LogP) is 10.8. The number of rotatable bonds is 10. The number of unbranched alkanes of at least 4 members (excludes halogenated alkanes) is 2. The lowest BCUT2D eigenvalue weighted by molar-refractivity contribution is 0.0696. The number of allylic oxidation sites excluding steroid dienone is 3. The van der Waals surface area contributed by atoms with Gasteiger partial charge in [0, 0.05) is 39.9 Å². The first kappa shape index (κ1) is 32.2. The van der Waals surface area contributed by atoms with Crippen LogP contribution in [-0.4, -0.2) is 28.7 Å². The standard InChI is InChI=1S/C45H43NO4/c1-3-5-23-45(24-6-4-2)38-15-8-7-12-31(38)35-27-30(19-21-39(35)45)46-40-16-10-13-32(40)36-25-28(17-22-41(36)46)11-9-14-34-42(47)33-20-18-29(44(49)50)26-37(33)43(34)48/h7-9,11-12,14-15,17-22,25-27,32,40H,3-6,10,13,16,23-24H2,1-2H3,(H,49,50)/b11-9+,34-14+. The summed E-state index contributed by atoms with van der Waals surface area (Å²) >= 11 is 0. The number of Topliss-reactive ketones (excluding diaryl/α,β-unsaturated/α-hetero) is 2. The third-order valence-corrected chi connectivity index (χ3v) is 11.8. The number of aromatic carboxylic acids is 1. The normalized spacial score (nSPS) is 20.4. The highest BCUT2D eigenvalue weighted by atomic mass is 16.4. The Morgan fingerprint density at radius 2 is 1.58 bits per heavy atom. The van der Waals surface area contributed by atoms with E-state index in [0.717, 1.165) is 18.4 Å². The quantitative estimate of drug-likeness (QED) is 0.135. The molecule has 2 unspecified atom stereocenters. The minimum Gasteiger partial charge on any atom is -0.478 e. The van der Waals surface area contributed by atoms with E-state index < -0.39 is 11.8 Å². The highest BCUT2D eigenvalue weighted by Gasteiger charge is 2.45. The van der Waals surface area contributed by atoms with Gasteiger partial charge in [-0.2, -0.15) is 0 Å². The molecule has 5 nitrogen and oxygen atoms in total. The lowest BCUT2D eigenvalue weighted by atomic mass is 9.71. The molecule has 0 amide bonds. The van der Waals surface area contributed by atoms with E-state index >= 15 is 0 Å². The van der Waals surface area contributed by atoms with Crippen molar-refractivity contribution >= 4 is 35.0 Å². The van der Waals surface area contributed by atoms with Crippen molar-refractivity contribution in [1.29, 1.82) is 0 Å². The molecule has 1 fully saturated rings. The van der Waals surface area contributed by atoms with Gasteiger partial charge in [-0.3, -0.25) is 9.59 Å². The third kappa shape index (κ3) is 5.01. The molecule has 1 saturated carbocycles. The maximum atomic E-state index is 13.0. The van der Waals surface area contributed by atoms with Crippen LogP contribution in [0.4, 0.5) is 11.4 Å². The summed E-state index contributed by atoms with van der Waals surface area (Å²) in [5.74, 6) is -1.46. The van der Waals surface area contributed by atoms with E-state index in [4.69, 9.17) is 0 Å². The summed E-state index contributed by atoms with van der Waals surface area (Å²) in [5.41, 5.74) is 11.3. The highest BCUT2D eigenvalue weighted by Crippen LogP contribution is 2.57. The van der Waals surface area contributed by atoms with Gasteiger partial charge in [-0.05, 0) is 108 Å². The largest absolute Gasteiger partial charge is 0.478 e. The summed E-state index contributed by atoms with van der Waals surface area (Å²) in [6.07, 6.45) is 16.0. The van der Waals surface area contributed by atoms with Crippen molar-refractivity contribution in [3.63, 3.8) is 0 Å². The molecule has 8 rings (SSSR count). The van der Waals surface area contributed by atoms with Crippen LogP contribution in [0.1, 0.15) is 131 Å². The van der Waals surface area contributed by atoms with Crippen molar-refractivity contribution in [2.45, 2.75) is 89.0 Å². The number of carbonyl (C=O) groups excluding carboxylic acids is 2. The number of carbonyl (C=O) groups is 3. The molecule has 4 aliphatic rings. The summed E-state index contributed by atoms with van der Waals surface area (Å²) in [4.78, 5) is 40.0. The second-order valence-electron chi connectivity index (χ2n) is 14.5. The highest BCUT2D eigenvalue weighted by molar-refractivity contribution is 6.39. The van der Waals surface area contributed by atoms with Crippen LogP contribution in [0.3, 0.4) is 0 Å². The molecule has 4 aromatic rings. The lowest BCUT2D eigenvalue weighted by Gasteiger charge is -2.33. The zero-order valence-corrected chi connectivity index (χ0v) is 28.9. The molecular formula is C45H43NO4. The fourth-order valence-electron chi connectivity index (χ4n) is 9.40. The van der Waals surface area contributed by atoms with Gasteiger partial charge in [0.05, 0.1) is 11.1 Å². The summed E-state index contributed by atoms with van der Waals surface area (Å²) in [6, 6.07) is 27.6. The topological polar surface area (TPSA) is 74.7 Å². The molecule has 3 aliphatic carbocycles. The van der Waals surface area contributed by atoms with Gasteiger partial charge in [-0.25, -0.2) is 4.79 Å². The first-order valence-electron chi connectivity index (χ1n) is 18.4. The van der Waals surface area contributed by atoms with Gasteiger partial charge in [0.15, 0.2) is 11.6 Å². The molecule has 252 valence electrons. The Labute approximate surface area is 294 Å².